The van der Waals surface area contributed by atoms with Gasteiger partial charge in [0.05, 0.1) is 11.3 Å². The molecule has 0 aliphatic rings. The third-order valence-corrected chi connectivity index (χ3v) is 5.19. The van der Waals surface area contributed by atoms with Crippen molar-refractivity contribution in [2.45, 2.75) is 11.3 Å². The largest absolute Gasteiger partial charge is 0.375 e. The summed E-state index contributed by atoms with van der Waals surface area (Å²) in [5, 5.41) is 2.98. The fraction of sp³-hybridized carbons (Fsp3) is 0.333. The van der Waals surface area contributed by atoms with Crippen LogP contribution in [-0.2, 0) is 4.79 Å². The molecule has 2 aromatic carbocycles. The molecule has 1 N–H and O–H groups in total. The van der Waals surface area contributed by atoms with E-state index in [1.54, 1.807) is 25.1 Å². The highest BCUT2D eigenvalue weighted by Crippen LogP contribution is 2.22. The molecule has 0 fully saturated rings. The van der Waals surface area contributed by atoms with Crippen LogP contribution >= 0.6 is 11.8 Å². The summed E-state index contributed by atoms with van der Waals surface area (Å²) < 4.78 is 0. The normalized spacial score (nSPS) is 10.3. The minimum Gasteiger partial charge on any atom is -0.375 e. The maximum Gasteiger partial charge on any atom is 0.252 e. The zero-order valence-electron chi connectivity index (χ0n) is 16.1. The van der Waals surface area contributed by atoms with Gasteiger partial charge in [0, 0.05) is 44.8 Å². The summed E-state index contributed by atoms with van der Waals surface area (Å²) in [6.07, 6.45) is 0.853. The lowest BCUT2D eigenvalue weighted by Crippen LogP contribution is -2.28. The highest BCUT2D eigenvalue weighted by atomic mass is 32.2. The van der Waals surface area contributed by atoms with Crippen molar-refractivity contribution in [3.63, 3.8) is 0 Å². The molecular weight excluding hydrogens is 358 g/mol. The van der Waals surface area contributed by atoms with E-state index >= 15 is 0 Å². The molecule has 144 valence electrons. The van der Waals surface area contributed by atoms with Crippen LogP contribution in [0.25, 0.3) is 0 Å². The first-order valence-corrected chi connectivity index (χ1v) is 9.94. The smallest absolute Gasteiger partial charge is 0.252 e. The highest BCUT2D eigenvalue weighted by Gasteiger charge is 2.13. The van der Waals surface area contributed by atoms with Crippen LogP contribution in [0.15, 0.2) is 59.5 Å². The molecular formula is C21H27N3O2S. The van der Waals surface area contributed by atoms with Crippen LogP contribution in [0.2, 0.25) is 0 Å². The van der Waals surface area contributed by atoms with E-state index in [1.807, 2.05) is 43.4 Å². The van der Waals surface area contributed by atoms with Gasteiger partial charge in [-0.05, 0) is 30.7 Å². The molecule has 0 saturated heterocycles. The minimum atomic E-state index is -0.0993. The topological polar surface area (TPSA) is 52.7 Å². The van der Waals surface area contributed by atoms with Crippen molar-refractivity contribution in [3.05, 3.63) is 60.2 Å². The summed E-state index contributed by atoms with van der Waals surface area (Å²) in [7, 11) is 5.51. The zero-order valence-corrected chi connectivity index (χ0v) is 17.0. The molecule has 2 aromatic rings. The molecule has 0 bridgehead atoms. The second-order valence-corrected chi connectivity index (χ2v) is 7.46. The maximum atomic E-state index is 12.5. The molecule has 0 aromatic heterocycles. The van der Waals surface area contributed by atoms with Crippen LogP contribution in [0.5, 0.6) is 0 Å². The van der Waals surface area contributed by atoms with E-state index in [4.69, 9.17) is 0 Å². The Bertz CT molecular complexity index is 750. The average molecular weight is 386 g/mol. The number of nitrogens with zero attached hydrogens (tertiary/aromatic N) is 2. The number of hydrogen-bond acceptors (Lipinski definition) is 4. The van der Waals surface area contributed by atoms with Gasteiger partial charge >= 0.3 is 0 Å². The molecule has 0 aliphatic heterocycles. The van der Waals surface area contributed by atoms with Gasteiger partial charge in [-0.2, -0.15) is 0 Å². The Morgan fingerprint density at radius 3 is 2.33 bits per heavy atom. The summed E-state index contributed by atoms with van der Waals surface area (Å²) in [6, 6.07) is 17.6. The van der Waals surface area contributed by atoms with Crippen molar-refractivity contribution in [1.82, 2.24) is 10.2 Å². The number of thioether (sulfide) groups is 1. The van der Waals surface area contributed by atoms with E-state index in [0.717, 1.165) is 23.5 Å². The van der Waals surface area contributed by atoms with Gasteiger partial charge in [-0.15, -0.1) is 11.8 Å². The summed E-state index contributed by atoms with van der Waals surface area (Å²) >= 11 is 1.39. The van der Waals surface area contributed by atoms with E-state index in [1.165, 1.54) is 11.8 Å². The molecule has 0 aliphatic carbocycles. The van der Waals surface area contributed by atoms with Crippen molar-refractivity contribution in [1.29, 1.82) is 0 Å². The van der Waals surface area contributed by atoms with Gasteiger partial charge < -0.3 is 15.1 Å². The van der Waals surface area contributed by atoms with Crippen molar-refractivity contribution in [2.75, 3.05) is 44.9 Å². The number of benzene rings is 2. The lowest BCUT2D eigenvalue weighted by molar-refractivity contribution is -0.125. The highest BCUT2D eigenvalue weighted by molar-refractivity contribution is 8.00. The Morgan fingerprint density at radius 1 is 0.963 bits per heavy atom. The van der Waals surface area contributed by atoms with Crippen LogP contribution in [-0.4, -0.2) is 56.7 Å². The summed E-state index contributed by atoms with van der Waals surface area (Å²) in [4.78, 5) is 28.9. The molecule has 2 rings (SSSR count). The van der Waals surface area contributed by atoms with Crippen molar-refractivity contribution in [3.8, 4) is 0 Å². The number of hydrogen-bond donors (Lipinski definition) is 1. The number of nitrogens with one attached hydrogen (secondary N) is 1. The van der Waals surface area contributed by atoms with E-state index in [-0.39, 0.29) is 11.8 Å². The van der Waals surface area contributed by atoms with Crippen molar-refractivity contribution >= 4 is 29.3 Å². The number of anilines is 1. The predicted octanol–water partition coefficient (Wildman–Crippen LogP) is 3.12. The van der Waals surface area contributed by atoms with Gasteiger partial charge in [-0.1, -0.05) is 30.3 Å². The van der Waals surface area contributed by atoms with Crippen LogP contribution < -0.4 is 10.2 Å². The Kier molecular flexibility index (Phi) is 8.20. The lowest BCUT2D eigenvalue weighted by Gasteiger charge is -2.19. The Balaban J connectivity index is 1.82. The first kappa shape index (κ1) is 20.8. The molecule has 0 atom stereocenters. The predicted molar refractivity (Wildman–Crippen MR) is 113 cm³/mol. The molecule has 0 unspecified atom stereocenters. The number of rotatable bonds is 9. The maximum absolute atomic E-state index is 12.5. The number of amides is 2. The average Bonchev–Trinajstić information content (AvgIpc) is 2.69. The van der Waals surface area contributed by atoms with E-state index in [9.17, 15) is 9.59 Å². The monoisotopic (exact) mass is 385 g/mol. The Hall–Kier alpha value is -2.47. The first-order valence-electron chi connectivity index (χ1n) is 8.95. The molecule has 0 radical (unpaired) electrons. The van der Waals surface area contributed by atoms with Crippen molar-refractivity contribution in [2.24, 2.45) is 0 Å². The Labute approximate surface area is 165 Å². The fourth-order valence-electron chi connectivity index (χ4n) is 2.47. The summed E-state index contributed by atoms with van der Waals surface area (Å²) in [6.45, 7) is 1.46. The third kappa shape index (κ3) is 6.64. The molecule has 2 amide bonds. The van der Waals surface area contributed by atoms with Gasteiger partial charge in [-0.3, -0.25) is 9.59 Å². The van der Waals surface area contributed by atoms with Crippen LogP contribution in [0.3, 0.4) is 0 Å². The standard InChI is InChI=1S/C21H27N3O2S/c1-23(2)20(25)16-27-19-13-8-7-12-18(19)21(26)22-14-9-15-24(3)17-10-5-4-6-11-17/h4-8,10-13H,9,14-16H2,1-3H3,(H,22,26). The van der Waals surface area contributed by atoms with Gasteiger partial charge in [0.15, 0.2) is 0 Å². The molecule has 5 nitrogen and oxygen atoms in total. The van der Waals surface area contributed by atoms with Gasteiger partial charge in [0.25, 0.3) is 5.91 Å². The fourth-order valence-corrected chi connectivity index (χ4v) is 3.50. The summed E-state index contributed by atoms with van der Waals surface area (Å²) in [5.74, 6) is 0.246. The summed E-state index contributed by atoms with van der Waals surface area (Å²) in [5.41, 5.74) is 1.78. The van der Waals surface area contributed by atoms with Crippen LogP contribution in [0.4, 0.5) is 5.69 Å². The first-order chi connectivity index (χ1) is 13.0. The molecule has 6 heteroatoms. The van der Waals surface area contributed by atoms with Gasteiger partial charge in [0.1, 0.15) is 0 Å². The molecule has 0 heterocycles. The van der Waals surface area contributed by atoms with E-state index < -0.39 is 0 Å². The minimum absolute atomic E-state index is 0.0270. The second kappa shape index (κ2) is 10.6. The zero-order chi connectivity index (χ0) is 19.6. The molecule has 0 saturated carbocycles. The van der Waals surface area contributed by atoms with Crippen molar-refractivity contribution < 1.29 is 9.59 Å². The third-order valence-electron chi connectivity index (χ3n) is 4.13. The number of carbonyl (C=O) groups excluding carboxylic acids is 2. The van der Waals surface area contributed by atoms with E-state index in [0.29, 0.717) is 17.9 Å². The quantitative estimate of drug-likeness (QED) is 0.532. The molecule has 27 heavy (non-hydrogen) atoms. The van der Waals surface area contributed by atoms with Gasteiger partial charge in [-0.25, -0.2) is 0 Å². The SMILES string of the molecule is CN(C)C(=O)CSc1ccccc1C(=O)NCCCN(C)c1ccccc1. The van der Waals surface area contributed by atoms with E-state index in [2.05, 4.69) is 22.3 Å². The number of carbonyl (C=O) groups is 2. The Morgan fingerprint density at radius 2 is 1.63 bits per heavy atom. The lowest BCUT2D eigenvalue weighted by atomic mass is 10.2. The van der Waals surface area contributed by atoms with Crippen LogP contribution in [0, 0.1) is 0 Å². The number of para-hydroxylation sites is 1. The van der Waals surface area contributed by atoms with Crippen LogP contribution in [0.1, 0.15) is 16.8 Å². The second-order valence-electron chi connectivity index (χ2n) is 6.44. The molecule has 0 spiro atoms. The van der Waals surface area contributed by atoms with Gasteiger partial charge in [0.2, 0.25) is 5.91 Å².